The number of carbonyl (C=O) groups excluding carboxylic acids is 2. The first-order valence-electron chi connectivity index (χ1n) is 9.42. The van der Waals surface area contributed by atoms with E-state index in [-0.39, 0.29) is 11.9 Å². The highest BCUT2D eigenvalue weighted by molar-refractivity contribution is 6.01. The number of nitrogens with zero attached hydrogens (tertiary/aromatic N) is 3. The van der Waals surface area contributed by atoms with Gasteiger partial charge in [-0.15, -0.1) is 0 Å². The van der Waals surface area contributed by atoms with Gasteiger partial charge in [-0.05, 0) is 48.9 Å². The highest BCUT2D eigenvalue weighted by atomic mass is 16.2. The Morgan fingerprint density at radius 1 is 1.23 bits per heavy atom. The second-order valence-corrected chi connectivity index (χ2v) is 7.28. The van der Waals surface area contributed by atoms with Crippen molar-refractivity contribution in [1.29, 1.82) is 0 Å². The topological polar surface area (TPSA) is 149 Å². The molecule has 0 aliphatic heterocycles. The van der Waals surface area contributed by atoms with Gasteiger partial charge in [0.15, 0.2) is 0 Å². The van der Waals surface area contributed by atoms with Crippen LogP contribution in [0.1, 0.15) is 18.4 Å². The van der Waals surface area contributed by atoms with Crippen LogP contribution >= 0.6 is 0 Å². The van der Waals surface area contributed by atoms with Gasteiger partial charge >= 0.3 is 6.03 Å². The van der Waals surface area contributed by atoms with Gasteiger partial charge in [0.1, 0.15) is 11.6 Å². The number of amides is 3. The molecule has 9 nitrogen and oxygen atoms in total. The predicted molar refractivity (Wildman–Crippen MR) is 114 cm³/mol. The molecular formula is C21H21N7O2. The second kappa shape index (κ2) is 7.78. The Morgan fingerprint density at radius 2 is 2.03 bits per heavy atom. The van der Waals surface area contributed by atoms with Gasteiger partial charge in [0, 0.05) is 41.7 Å². The highest BCUT2D eigenvalue weighted by Crippen LogP contribution is 2.29. The van der Waals surface area contributed by atoms with Crippen molar-refractivity contribution in [3.8, 4) is 11.3 Å². The van der Waals surface area contributed by atoms with Crippen LogP contribution in [-0.2, 0) is 4.79 Å². The van der Waals surface area contributed by atoms with Crippen molar-refractivity contribution in [3.05, 3.63) is 54.0 Å². The number of fused-ring (bicyclic) bond motifs is 1. The number of hydrogen-bond acceptors (Lipinski definition) is 6. The van der Waals surface area contributed by atoms with E-state index in [4.69, 9.17) is 11.5 Å². The van der Waals surface area contributed by atoms with E-state index >= 15 is 0 Å². The summed E-state index contributed by atoms with van der Waals surface area (Å²) < 4.78 is 0. The number of primary amides is 1. The Morgan fingerprint density at radius 3 is 2.77 bits per heavy atom. The molecule has 0 unspecified atom stereocenters. The van der Waals surface area contributed by atoms with Gasteiger partial charge in [0.25, 0.3) is 0 Å². The quantitative estimate of drug-likeness (QED) is 0.491. The summed E-state index contributed by atoms with van der Waals surface area (Å²) in [6, 6.07) is 5.01. The molecule has 1 aliphatic carbocycles. The van der Waals surface area contributed by atoms with Crippen LogP contribution < -0.4 is 22.1 Å². The molecule has 1 saturated carbocycles. The van der Waals surface area contributed by atoms with Gasteiger partial charge in [-0.25, -0.2) is 14.8 Å². The number of aryl methyl sites for hydroxylation is 1. The van der Waals surface area contributed by atoms with E-state index in [2.05, 4.69) is 25.6 Å². The number of pyridine rings is 3. The maximum absolute atomic E-state index is 12.3. The smallest absolute Gasteiger partial charge is 0.312 e. The molecule has 1 aliphatic rings. The standard InChI is InChI=1S/C21H21N7O2/c1-11-2-3-24-9-15(11)17-7-13-8-18(25-10-16(13)20(22)27-17)28-19(29)6-12-4-14(5-12)26-21(23)30/h2-3,6-10,14H,4-5H2,1H3,(H2,22,27)(H3,23,26,30)(H,25,28,29). The van der Waals surface area contributed by atoms with Crippen LogP contribution in [0.15, 0.2) is 48.4 Å². The summed E-state index contributed by atoms with van der Waals surface area (Å²) in [5.41, 5.74) is 14.8. The molecule has 6 N–H and O–H groups in total. The molecule has 30 heavy (non-hydrogen) atoms. The molecule has 9 heteroatoms. The fraction of sp³-hybridized carbons (Fsp3) is 0.190. The van der Waals surface area contributed by atoms with Crippen LogP contribution in [0.4, 0.5) is 16.4 Å². The third-order valence-electron chi connectivity index (χ3n) is 5.01. The van der Waals surface area contributed by atoms with Gasteiger partial charge < -0.3 is 22.1 Å². The van der Waals surface area contributed by atoms with E-state index in [1.807, 2.05) is 19.1 Å². The number of rotatable bonds is 4. The highest BCUT2D eigenvalue weighted by Gasteiger charge is 2.24. The Labute approximate surface area is 172 Å². The van der Waals surface area contributed by atoms with Gasteiger partial charge in [-0.1, -0.05) is 5.57 Å². The average molecular weight is 403 g/mol. The summed E-state index contributed by atoms with van der Waals surface area (Å²) in [6.07, 6.45) is 7.81. The van der Waals surface area contributed by atoms with Crippen LogP contribution in [-0.4, -0.2) is 32.9 Å². The zero-order valence-electron chi connectivity index (χ0n) is 16.3. The number of nitrogen functional groups attached to an aromatic ring is 1. The Bertz CT molecular complexity index is 1180. The summed E-state index contributed by atoms with van der Waals surface area (Å²) in [4.78, 5) is 36.0. The van der Waals surface area contributed by atoms with E-state index in [1.165, 1.54) is 6.08 Å². The molecule has 0 aromatic carbocycles. The largest absolute Gasteiger partial charge is 0.383 e. The maximum atomic E-state index is 12.3. The van der Waals surface area contributed by atoms with Crippen molar-refractivity contribution in [2.75, 3.05) is 11.1 Å². The van der Waals surface area contributed by atoms with Gasteiger partial charge in [-0.2, -0.15) is 0 Å². The third kappa shape index (κ3) is 4.04. The molecule has 0 saturated heterocycles. The van der Waals surface area contributed by atoms with Crippen LogP contribution in [0.5, 0.6) is 0 Å². The predicted octanol–water partition coefficient (Wildman–Crippen LogP) is 2.28. The van der Waals surface area contributed by atoms with E-state index < -0.39 is 6.03 Å². The zero-order chi connectivity index (χ0) is 21.3. The molecule has 4 rings (SSSR count). The Balaban J connectivity index is 1.54. The lowest BCUT2D eigenvalue weighted by atomic mass is 9.86. The number of anilines is 2. The SMILES string of the molecule is Cc1ccncc1-c1cc2cc(NC(=O)C=C3CC(NC(N)=O)C3)ncc2c(N)n1. The first-order chi connectivity index (χ1) is 14.4. The van der Waals surface area contributed by atoms with Crippen LogP contribution in [0.2, 0.25) is 0 Å². The van der Waals surface area contributed by atoms with E-state index in [1.54, 1.807) is 24.7 Å². The van der Waals surface area contributed by atoms with Crippen molar-refractivity contribution in [3.63, 3.8) is 0 Å². The fourth-order valence-electron chi connectivity index (χ4n) is 3.45. The second-order valence-electron chi connectivity index (χ2n) is 7.28. The molecule has 3 aromatic rings. The number of nitrogens with two attached hydrogens (primary N) is 2. The molecule has 0 bridgehead atoms. The number of aromatic nitrogens is 3. The number of nitrogens with one attached hydrogen (secondary N) is 2. The monoisotopic (exact) mass is 403 g/mol. The van der Waals surface area contributed by atoms with Crippen molar-refractivity contribution in [2.24, 2.45) is 5.73 Å². The van der Waals surface area contributed by atoms with Gasteiger partial charge in [0.05, 0.1) is 5.69 Å². The minimum absolute atomic E-state index is 0.00910. The minimum atomic E-state index is -0.557. The third-order valence-corrected chi connectivity index (χ3v) is 5.01. The lowest BCUT2D eigenvalue weighted by Crippen LogP contribution is -2.43. The number of hydrogen-bond donors (Lipinski definition) is 4. The molecule has 3 amide bonds. The molecular weight excluding hydrogens is 382 g/mol. The van der Waals surface area contributed by atoms with Crippen molar-refractivity contribution >= 4 is 34.3 Å². The van der Waals surface area contributed by atoms with E-state index in [0.29, 0.717) is 35.6 Å². The number of carbonyl (C=O) groups is 2. The van der Waals surface area contributed by atoms with Crippen molar-refractivity contribution < 1.29 is 9.59 Å². The molecule has 3 heterocycles. The van der Waals surface area contributed by atoms with Crippen molar-refractivity contribution in [2.45, 2.75) is 25.8 Å². The molecule has 0 radical (unpaired) electrons. The van der Waals surface area contributed by atoms with Crippen LogP contribution in [0.3, 0.4) is 0 Å². The molecule has 152 valence electrons. The maximum Gasteiger partial charge on any atom is 0.312 e. The average Bonchev–Trinajstić information content (AvgIpc) is 2.66. The van der Waals surface area contributed by atoms with Gasteiger partial charge in [-0.3, -0.25) is 9.78 Å². The van der Waals surface area contributed by atoms with Crippen LogP contribution in [0, 0.1) is 6.92 Å². The first kappa shape index (κ1) is 19.3. The first-order valence-corrected chi connectivity index (χ1v) is 9.42. The summed E-state index contributed by atoms with van der Waals surface area (Å²) >= 11 is 0. The lowest BCUT2D eigenvalue weighted by Gasteiger charge is -2.29. The number of urea groups is 1. The van der Waals surface area contributed by atoms with E-state index in [0.717, 1.165) is 22.1 Å². The lowest BCUT2D eigenvalue weighted by molar-refractivity contribution is -0.112. The van der Waals surface area contributed by atoms with Gasteiger partial charge in [0.2, 0.25) is 5.91 Å². The minimum Gasteiger partial charge on any atom is -0.383 e. The van der Waals surface area contributed by atoms with Crippen molar-refractivity contribution in [1.82, 2.24) is 20.3 Å². The summed E-state index contributed by atoms with van der Waals surface area (Å²) in [5.74, 6) is 0.496. The Kier molecular flexibility index (Phi) is 5.01. The van der Waals surface area contributed by atoms with E-state index in [9.17, 15) is 9.59 Å². The van der Waals surface area contributed by atoms with Crippen LogP contribution in [0.25, 0.3) is 22.0 Å². The zero-order valence-corrected chi connectivity index (χ0v) is 16.3. The fourth-order valence-corrected chi connectivity index (χ4v) is 3.45. The molecule has 1 fully saturated rings. The summed E-state index contributed by atoms with van der Waals surface area (Å²) in [5, 5.41) is 6.90. The Hall–Kier alpha value is -4.01. The molecule has 0 atom stereocenters. The normalized spacial score (nSPS) is 15.4. The molecule has 0 spiro atoms. The summed E-state index contributed by atoms with van der Waals surface area (Å²) in [6.45, 7) is 1.98. The summed E-state index contributed by atoms with van der Waals surface area (Å²) in [7, 11) is 0. The molecule has 3 aromatic heterocycles.